The first-order chi connectivity index (χ1) is 8.58. The fourth-order valence-electron chi connectivity index (χ4n) is 2.05. The van der Waals surface area contributed by atoms with E-state index in [1.807, 2.05) is 0 Å². The summed E-state index contributed by atoms with van der Waals surface area (Å²) in [6.45, 7) is 4.76. The largest absolute Gasteiger partial charge is 0.311 e. The van der Waals surface area contributed by atoms with E-state index in [4.69, 9.17) is 4.84 Å². The van der Waals surface area contributed by atoms with Gasteiger partial charge in [-0.25, -0.2) is 10.0 Å². The van der Waals surface area contributed by atoms with Gasteiger partial charge in [0.2, 0.25) is 5.91 Å². The molecule has 1 aromatic rings. The van der Waals surface area contributed by atoms with Crippen molar-refractivity contribution in [2.24, 2.45) is 0 Å². The van der Waals surface area contributed by atoms with E-state index in [1.165, 1.54) is 5.06 Å². The minimum Gasteiger partial charge on any atom is -0.311 e. The number of H-pyrrole nitrogens is 1. The van der Waals surface area contributed by atoms with E-state index in [-0.39, 0.29) is 17.9 Å². The van der Waals surface area contributed by atoms with E-state index >= 15 is 0 Å². The zero-order valence-corrected chi connectivity index (χ0v) is 10.7. The molecule has 0 atom stereocenters. The van der Waals surface area contributed by atoms with Gasteiger partial charge < -0.3 is 4.98 Å². The highest BCUT2D eigenvalue weighted by molar-refractivity contribution is 5.75. The standard InChI is InChI=1S/C12H17N3O3/c1-8-10(12(17)14-9(2)13-8)4-5-11(16)15-6-3-7-18-15/h3-7H2,1-2H3,(H,13,14,17). The quantitative estimate of drug-likeness (QED) is 0.848. The van der Waals surface area contributed by atoms with Gasteiger partial charge in [-0.05, 0) is 26.7 Å². The molecule has 1 amide bonds. The molecule has 0 aliphatic carbocycles. The Hall–Kier alpha value is -1.69. The minimum atomic E-state index is -0.157. The lowest BCUT2D eigenvalue weighted by molar-refractivity contribution is -0.168. The van der Waals surface area contributed by atoms with Crippen LogP contribution < -0.4 is 5.56 Å². The summed E-state index contributed by atoms with van der Waals surface area (Å²) in [5.41, 5.74) is 1.11. The maximum Gasteiger partial charge on any atom is 0.254 e. The van der Waals surface area contributed by atoms with Crippen molar-refractivity contribution < 1.29 is 9.63 Å². The number of aromatic nitrogens is 2. The summed E-state index contributed by atoms with van der Waals surface area (Å²) in [4.78, 5) is 35.5. The van der Waals surface area contributed by atoms with Crippen molar-refractivity contribution in [1.29, 1.82) is 0 Å². The van der Waals surface area contributed by atoms with Crippen molar-refractivity contribution in [3.63, 3.8) is 0 Å². The predicted molar refractivity (Wildman–Crippen MR) is 64.9 cm³/mol. The number of nitrogens with zero attached hydrogens (tertiary/aromatic N) is 2. The average molecular weight is 251 g/mol. The lowest BCUT2D eigenvalue weighted by Gasteiger charge is -2.13. The van der Waals surface area contributed by atoms with Gasteiger partial charge in [0.1, 0.15) is 5.82 Å². The number of hydrogen-bond acceptors (Lipinski definition) is 4. The summed E-state index contributed by atoms with van der Waals surface area (Å²) in [6, 6.07) is 0. The summed E-state index contributed by atoms with van der Waals surface area (Å²) in [5.74, 6) is 0.516. The number of carbonyl (C=O) groups is 1. The number of amides is 1. The smallest absolute Gasteiger partial charge is 0.254 e. The first kappa shape index (κ1) is 12.8. The van der Waals surface area contributed by atoms with Crippen LogP contribution in [-0.2, 0) is 16.1 Å². The third kappa shape index (κ3) is 2.76. The minimum absolute atomic E-state index is 0.0770. The lowest BCUT2D eigenvalue weighted by Crippen LogP contribution is -2.28. The highest BCUT2D eigenvalue weighted by Gasteiger charge is 2.19. The molecule has 1 aliphatic heterocycles. The van der Waals surface area contributed by atoms with Crippen LogP contribution in [0.1, 0.15) is 29.9 Å². The molecule has 0 spiro atoms. The van der Waals surface area contributed by atoms with Crippen LogP contribution in [0.2, 0.25) is 0 Å². The van der Waals surface area contributed by atoms with Gasteiger partial charge in [0.25, 0.3) is 5.56 Å². The zero-order chi connectivity index (χ0) is 13.1. The molecule has 1 saturated heterocycles. The molecule has 6 heteroatoms. The van der Waals surface area contributed by atoms with E-state index in [2.05, 4.69) is 9.97 Å². The Kier molecular flexibility index (Phi) is 3.76. The van der Waals surface area contributed by atoms with Crippen molar-refractivity contribution in [1.82, 2.24) is 15.0 Å². The molecular formula is C12H17N3O3. The van der Waals surface area contributed by atoms with Crippen LogP contribution in [0.15, 0.2) is 4.79 Å². The number of aryl methyl sites for hydroxylation is 2. The lowest BCUT2D eigenvalue weighted by atomic mass is 10.1. The van der Waals surface area contributed by atoms with Crippen LogP contribution in [0.4, 0.5) is 0 Å². The van der Waals surface area contributed by atoms with E-state index in [9.17, 15) is 9.59 Å². The Morgan fingerprint density at radius 1 is 1.50 bits per heavy atom. The maximum atomic E-state index is 11.8. The molecule has 0 radical (unpaired) electrons. The highest BCUT2D eigenvalue weighted by Crippen LogP contribution is 2.09. The molecule has 0 bridgehead atoms. The van der Waals surface area contributed by atoms with Crippen LogP contribution in [0.25, 0.3) is 0 Å². The SMILES string of the molecule is Cc1nc(C)c(CCC(=O)N2CCCO2)c(=O)[nH]1. The average Bonchev–Trinajstić information content (AvgIpc) is 2.80. The van der Waals surface area contributed by atoms with E-state index in [0.717, 1.165) is 6.42 Å². The number of nitrogens with one attached hydrogen (secondary N) is 1. The second-order valence-corrected chi connectivity index (χ2v) is 4.40. The third-order valence-electron chi connectivity index (χ3n) is 2.96. The molecular weight excluding hydrogens is 234 g/mol. The number of aromatic amines is 1. The van der Waals surface area contributed by atoms with Gasteiger partial charge in [-0.15, -0.1) is 0 Å². The molecule has 0 aromatic carbocycles. The van der Waals surface area contributed by atoms with Crippen molar-refractivity contribution >= 4 is 5.91 Å². The van der Waals surface area contributed by atoms with Gasteiger partial charge in [-0.2, -0.15) is 0 Å². The van der Waals surface area contributed by atoms with Crippen LogP contribution in [0.3, 0.4) is 0 Å². The first-order valence-electron chi connectivity index (χ1n) is 6.07. The monoisotopic (exact) mass is 251 g/mol. The second kappa shape index (κ2) is 5.30. The number of rotatable bonds is 3. The van der Waals surface area contributed by atoms with Gasteiger partial charge in [0.15, 0.2) is 0 Å². The number of hydrogen-bond donors (Lipinski definition) is 1. The van der Waals surface area contributed by atoms with Crippen LogP contribution >= 0.6 is 0 Å². The molecule has 1 fully saturated rings. The molecule has 2 heterocycles. The number of carbonyl (C=O) groups excluding carboxylic acids is 1. The molecule has 1 aromatic heterocycles. The highest BCUT2D eigenvalue weighted by atomic mass is 16.7. The summed E-state index contributed by atoms with van der Waals surface area (Å²) in [5, 5.41) is 1.38. The Labute approximate surface area is 105 Å². The van der Waals surface area contributed by atoms with Crippen LogP contribution in [0.5, 0.6) is 0 Å². The van der Waals surface area contributed by atoms with E-state index in [1.54, 1.807) is 13.8 Å². The fourth-order valence-corrected chi connectivity index (χ4v) is 2.05. The van der Waals surface area contributed by atoms with Crippen molar-refractivity contribution in [3.05, 3.63) is 27.4 Å². The van der Waals surface area contributed by atoms with Crippen molar-refractivity contribution in [2.45, 2.75) is 33.1 Å². The molecule has 0 saturated carbocycles. The Morgan fingerprint density at radius 2 is 2.28 bits per heavy atom. The maximum absolute atomic E-state index is 11.8. The summed E-state index contributed by atoms with van der Waals surface area (Å²) in [7, 11) is 0. The van der Waals surface area contributed by atoms with Crippen molar-refractivity contribution in [2.75, 3.05) is 13.2 Å². The van der Waals surface area contributed by atoms with Gasteiger partial charge in [0, 0.05) is 17.7 Å². The Morgan fingerprint density at radius 3 is 2.89 bits per heavy atom. The second-order valence-electron chi connectivity index (χ2n) is 4.40. The molecule has 18 heavy (non-hydrogen) atoms. The van der Waals surface area contributed by atoms with E-state index in [0.29, 0.717) is 36.7 Å². The summed E-state index contributed by atoms with van der Waals surface area (Å²) >= 11 is 0. The van der Waals surface area contributed by atoms with Gasteiger partial charge in [0.05, 0.1) is 13.2 Å². The van der Waals surface area contributed by atoms with Crippen LogP contribution in [0, 0.1) is 13.8 Å². The van der Waals surface area contributed by atoms with Gasteiger partial charge in [-0.3, -0.25) is 14.4 Å². The fraction of sp³-hybridized carbons (Fsp3) is 0.583. The molecule has 1 N–H and O–H groups in total. The molecule has 6 nitrogen and oxygen atoms in total. The predicted octanol–water partition coefficient (Wildman–Crippen LogP) is 0.483. The topological polar surface area (TPSA) is 75.3 Å². The Bertz CT molecular complexity index is 504. The van der Waals surface area contributed by atoms with Gasteiger partial charge in [-0.1, -0.05) is 0 Å². The molecule has 98 valence electrons. The molecule has 0 unspecified atom stereocenters. The zero-order valence-electron chi connectivity index (χ0n) is 10.7. The van der Waals surface area contributed by atoms with Gasteiger partial charge >= 0.3 is 0 Å². The molecule has 2 rings (SSSR count). The van der Waals surface area contributed by atoms with Crippen molar-refractivity contribution in [3.8, 4) is 0 Å². The van der Waals surface area contributed by atoms with E-state index < -0.39 is 0 Å². The number of hydroxylamine groups is 2. The summed E-state index contributed by atoms with van der Waals surface area (Å²) in [6.07, 6.45) is 1.54. The molecule has 1 aliphatic rings. The Balaban J connectivity index is 2.02. The first-order valence-corrected chi connectivity index (χ1v) is 6.07. The summed E-state index contributed by atoms with van der Waals surface area (Å²) < 4.78 is 0. The normalized spacial score (nSPS) is 15.1. The van der Waals surface area contributed by atoms with Crippen LogP contribution in [-0.4, -0.2) is 34.1 Å². The third-order valence-corrected chi connectivity index (χ3v) is 2.96.